The van der Waals surface area contributed by atoms with E-state index in [9.17, 15) is 24.9 Å². The number of quaternary nitrogens is 1. The number of fused-ring (bicyclic) bond motifs is 2. The summed E-state index contributed by atoms with van der Waals surface area (Å²) >= 11 is 0. The molecule has 1 aromatic carbocycles. The number of hydrogen-bond acceptors (Lipinski definition) is 6. The predicted octanol–water partition coefficient (Wildman–Crippen LogP) is -4.24. The Balaban J connectivity index is 0.00000272. The lowest BCUT2D eigenvalue weighted by Gasteiger charge is -2.34. The minimum absolute atomic E-state index is 0. The van der Waals surface area contributed by atoms with Gasteiger partial charge in [0.15, 0.2) is 11.2 Å². The molecule has 0 saturated heterocycles. The molecular weight excluding hydrogens is 426 g/mol. The van der Waals surface area contributed by atoms with Crippen LogP contribution in [-0.2, 0) is 27.2 Å². The molecule has 0 fully saturated rings. The van der Waals surface area contributed by atoms with Crippen LogP contribution >= 0.6 is 0 Å². The molecule has 2 aromatic heterocycles. The second kappa shape index (κ2) is 8.37. The topological polar surface area (TPSA) is 127 Å². The van der Waals surface area contributed by atoms with Crippen LogP contribution in [0.4, 0.5) is 0 Å². The zero-order chi connectivity index (χ0) is 21.7. The Bertz CT molecular complexity index is 1250. The predicted molar refractivity (Wildman–Crippen MR) is 109 cm³/mol. The number of aromatic nitrogens is 4. The smallest absolute Gasteiger partial charge is 0.332 e. The molecular formula is C20H26ClN5O5. The van der Waals surface area contributed by atoms with Crippen LogP contribution < -0.4 is 28.6 Å². The average molecular weight is 452 g/mol. The van der Waals surface area contributed by atoms with Crippen LogP contribution in [0.15, 0.2) is 28.0 Å². The number of rotatable bonds is 4. The molecule has 0 amide bonds. The first kappa shape index (κ1) is 22.9. The molecule has 31 heavy (non-hydrogen) atoms. The van der Waals surface area contributed by atoms with Crippen LogP contribution in [0.3, 0.4) is 0 Å². The van der Waals surface area contributed by atoms with Crippen LogP contribution in [0, 0.1) is 0 Å². The number of phenols is 2. The van der Waals surface area contributed by atoms with E-state index < -0.39 is 11.8 Å². The van der Waals surface area contributed by atoms with Gasteiger partial charge >= 0.3 is 5.69 Å². The zero-order valence-corrected chi connectivity index (χ0v) is 18.3. The monoisotopic (exact) mass is 451 g/mol. The van der Waals surface area contributed by atoms with E-state index in [1.807, 2.05) is 0 Å². The molecule has 0 saturated carbocycles. The maximum absolute atomic E-state index is 12.6. The minimum atomic E-state index is -0.778. The van der Waals surface area contributed by atoms with Gasteiger partial charge in [-0.25, -0.2) is 9.78 Å². The molecule has 1 aliphatic rings. The molecule has 3 unspecified atom stereocenters. The number of halogens is 1. The van der Waals surface area contributed by atoms with Gasteiger partial charge in [0.05, 0.1) is 17.9 Å². The Hall–Kier alpha value is -2.82. The Morgan fingerprint density at radius 3 is 2.65 bits per heavy atom. The van der Waals surface area contributed by atoms with Gasteiger partial charge in [-0.05, 0) is 13.0 Å². The van der Waals surface area contributed by atoms with Gasteiger partial charge in [-0.2, -0.15) is 0 Å². The molecule has 0 aliphatic carbocycles. The van der Waals surface area contributed by atoms with E-state index in [0.29, 0.717) is 48.3 Å². The van der Waals surface area contributed by atoms with Crippen molar-refractivity contribution in [3.63, 3.8) is 0 Å². The standard InChI is InChI=1S/C20H25N5O5.ClH/c1-11(25-8-14-13(16(28)9-25)6-12(26)7-15(14)27)4-5-24-10-21-18-17(24)19(29)23(3)20(30)22(18)2;/h6-7,10-11,16,26-28H,4-5,8-9H2,1-3H3;1H. The third-order valence-corrected chi connectivity index (χ3v) is 6.18. The Labute approximate surface area is 184 Å². The van der Waals surface area contributed by atoms with Crippen LogP contribution in [0.5, 0.6) is 11.5 Å². The third kappa shape index (κ3) is 3.82. The van der Waals surface area contributed by atoms with Crippen molar-refractivity contribution in [3.05, 3.63) is 50.4 Å². The number of hydrogen-bond donors (Lipinski definition) is 4. The molecule has 3 atom stereocenters. The summed E-state index contributed by atoms with van der Waals surface area (Å²) in [6.07, 6.45) is 1.50. The van der Waals surface area contributed by atoms with Crippen molar-refractivity contribution in [2.24, 2.45) is 14.1 Å². The first-order chi connectivity index (χ1) is 14.2. The van der Waals surface area contributed by atoms with Gasteiger partial charge in [-0.3, -0.25) is 13.9 Å². The van der Waals surface area contributed by atoms with E-state index in [0.717, 1.165) is 9.47 Å². The highest BCUT2D eigenvalue weighted by molar-refractivity contribution is 5.69. The summed E-state index contributed by atoms with van der Waals surface area (Å²) in [5.41, 5.74) is 1.16. The SMILES string of the molecule is CC(CCn1cnc2c1c(=O)n(C)c(=O)n2C)[NH+]1Cc2c(O)cc(O)cc2C(O)C1.[Cl-]. The number of aromatic hydroxyl groups is 2. The summed E-state index contributed by atoms with van der Waals surface area (Å²) in [5, 5.41) is 30.4. The van der Waals surface area contributed by atoms with Crippen LogP contribution in [0.2, 0.25) is 0 Å². The van der Waals surface area contributed by atoms with E-state index in [1.165, 1.54) is 23.7 Å². The lowest BCUT2D eigenvalue weighted by molar-refractivity contribution is -0.943. The lowest BCUT2D eigenvalue weighted by atomic mass is 9.94. The second-order valence-electron chi connectivity index (χ2n) is 8.09. The highest BCUT2D eigenvalue weighted by Crippen LogP contribution is 2.32. The minimum Gasteiger partial charge on any atom is -1.00 e. The highest BCUT2D eigenvalue weighted by Gasteiger charge is 2.32. The summed E-state index contributed by atoms with van der Waals surface area (Å²) in [6, 6.07) is 2.91. The van der Waals surface area contributed by atoms with Gasteiger partial charge in [0, 0.05) is 38.7 Å². The Kier molecular flexibility index (Phi) is 6.17. The molecule has 1 aliphatic heterocycles. The van der Waals surface area contributed by atoms with Crippen molar-refractivity contribution in [2.75, 3.05) is 6.54 Å². The number of nitrogens with zero attached hydrogens (tertiary/aromatic N) is 4. The molecule has 168 valence electrons. The third-order valence-electron chi connectivity index (χ3n) is 6.18. The highest BCUT2D eigenvalue weighted by atomic mass is 35.5. The van der Waals surface area contributed by atoms with Crippen LogP contribution in [0.25, 0.3) is 11.2 Å². The van der Waals surface area contributed by atoms with Crippen molar-refractivity contribution >= 4 is 11.2 Å². The van der Waals surface area contributed by atoms with E-state index in [4.69, 9.17) is 0 Å². The fraction of sp³-hybridized carbons (Fsp3) is 0.450. The van der Waals surface area contributed by atoms with Gasteiger partial charge in [0.2, 0.25) is 0 Å². The lowest BCUT2D eigenvalue weighted by Crippen LogP contribution is -3.15. The number of imidazole rings is 1. The molecule has 0 bridgehead atoms. The van der Waals surface area contributed by atoms with Crippen molar-refractivity contribution in [2.45, 2.75) is 38.6 Å². The van der Waals surface area contributed by atoms with Gasteiger partial charge in [-0.1, -0.05) is 0 Å². The molecule has 0 spiro atoms. The van der Waals surface area contributed by atoms with Gasteiger partial charge in [-0.15, -0.1) is 0 Å². The quantitative estimate of drug-likeness (QED) is 0.318. The largest absolute Gasteiger partial charge is 1.00 e. The summed E-state index contributed by atoms with van der Waals surface area (Å²) in [5.74, 6) is -0.0803. The summed E-state index contributed by atoms with van der Waals surface area (Å²) in [7, 11) is 3.04. The number of aliphatic hydroxyl groups is 1. The zero-order valence-electron chi connectivity index (χ0n) is 17.5. The first-order valence-electron chi connectivity index (χ1n) is 9.87. The summed E-state index contributed by atoms with van der Waals surface area (Å²) in [4.78, 5) is 30.0. The number of aliphatic hydroxyl groups excluding tert-OH is 1. The second-order valence-corrected chi connectivity index (χ2v) is 8.09. The Morgan fingerprint density at radius 1 is 1.23 bits per heavy atom. The fourth-order valence-corrected chi connectivity index (χ4v) is 4.29. The maximum Gasteiger partial charge on any atom is 0.332 e. The normalized spacial score (nSPS) is 19.1. The molecule has 0 radical (unpaired) electrons. The number of phenolic OH excluding ortho intramolecular Hbond substituents is 2. The van der Waals surface area contributed by atoms with E-state index in [-0.39, 0.29) is 35.5 Å². The molecule has 3 aromatic rings. The molecule has 10 nitrogen and oxygen atoms in total. The maximum atomic E-state index is 12.6. The van der Waals surface area contributed by atoms with Crippen molar-refractivity contribution in [1.82, 2.24) is 18.7 Å². The van der Waals surface area contributed by atoms with E-state index in [1.54, 1.807) is 17.9 Å². The molecule has 3 heterocycles. The first-order valence-corrected chi connectivity index (χ1v) is 9.87. The van der Waals surface area contributed by atoms with Gasteiger partial charge < -0.3 is 37.2 Å². The molecule has 4 rings (SSSR count). The van der Waals surface area contributed by atoms with E-state index in [2.05, 4.69) is 11.9 Å². The van der Waals surface area contributed by atoms with Crippen LogP contribution in [-0.4, -0.2) is 46.6 Å². The fourth-order valence-electron chi connectivity index (χ4n) is 4.29. The molecule has 4 N–H and O–H groups in total. The number of nitrogens with one attached hydrogen (secondary N) is 1. The van der Waals surface area contributed by atoms with Gasteiger partial charge in [0.1, 0.15) is 30.7 Å². The number of aryl methyl sites for hydroxylation is 2. The van der Waals surface area contributed by atoms with Crippen molar-refractivity contribution in [3.8, 4) is 11.5 Å². The van der Waals surface area contributed by atoms with E-state index >= 15 is 0 Å². The summed E-state index contributed by atoms with van der Waals surface area (Å²) in [6.45, 7) is 3.56. The average Bonchev–Trinajstić information content (AvgIpc) is 3.13. The molecule has 11 heteroatoms. The van der Waals surface area contributed by atoms with Crippen molar-refractivity contribution < 1.29 is 32.6 Å². The summed E-state index contributed by atoms with van der Waals surface area (Å²) < 4.78 is 4.19. The van der Waals surface area contributed by atoms with Crippen LogP contribution in [0.1, 0.15) is 30.6 Å². The van der Waals surface area contributed by atoms with Crippen molar-refractivity contribution in [1.29, 1.82) is 0 Å². The van der Waals surface area contributed by atoms with Gasteiger partial charge in [0.25, 0.3) is 5.56 Å². The Morgan fingerprint density at radius 2 is 1.94 bits per heavy atom. The number of benzene rings is 1.